The average molecular weight is 286 g/mol. The third kappa shape index (κ3) is 2.25. The van der Waals surface area contributed by atoms with Gasteiger partial charge in [0.25, 0.3) is 5.91 Å². The molecule has 20 heavy (non-hydrogen) atoms. The number of hydrogen-bond donors (Lipinski definition) is 2. The number of carbonyl (C=O) groups is 1. The van der Waals surface area contributed by atoms with Gasteiger partial charge in [0.05, 0.1) is 21.4 Å². The van der Waals surface area contributed by atoms with Crippen LogP contribution >= 0.6 is 11.3 Å². The quantitative estimate of drug-likeness (QED) is 0.777. The Balaban J connectivity index is 1.87. The first kappa shape index (κ1) is 12.7. The van der Waals surface area contributed by atoms with Crippen molar-refractivity contribution in [1.29, 1.82) is 0 Å². The van der Waals surface area contributed by atoms with E-state index >= 15 is 0 Å². The van der Waals surface area contributed by atoms with Crippen LogP contribution in [0.3, 0.4) is 0 Å². The fraction of sp³-hybridized carbons (Fsp3) is 0.143. The Morgan fingerprint density at radius 2 is 2.30 bits per heavy atom. The van der Waals surface area contributed by atoms with Gasteiger partial charge in [0.15, 0.2) is 0 Å². The molecule has 0 spiro atoms. The van der Waals surface area contributed by atoms with E-state index in [1.54, 1.807) is 29.1 Å². The summed E-state index contributed by atoms with van der Waals surface area (Å²) in [6.07, 6.45) is 1.77. The van der Waals surface area contributed by atoms with Crippen LogP contribution in [0.4, 0.5) is 11.4 Å². The van der Waals surface area contributed by atoms with Crippen LogP contribution in [-0.2, 0) is 6.54 Å². The summed E-state index contributed by atoms with van der Waals surface area (Å²) < 4.78 is 2.88. The lowest BCUT2D eigenvalue weighted by atomic mass is 10.3. The number of thiazole rings is 1. The highest BCUT2D eigenvalue weighted by atomic mass is 32.1. The van der Waals surface area contributed by atoms with Crippen LogP contribution in [0.25, 0.3) is 10.2 Å². The van der Waals surface area contributed by atoms with Gasteiger partial charge in [-0.3, -0.25) is 4.79 Å². The molecule has 3 N–H and O–H groups in total. The number of aryl methyl sites for hydroxylation is 1. The molecule has 0 saturated heterocycles. The average Bonchev–Trinajstić information content (AvgIpc) is 3.03. The fourth-order valence-corrected chi connectivity index (χ4v) is 2.83. The summed E-state index contributed by atoms with van der Waals surface area (Å²) >= 11 is 1.55. The summed E-state index contributed by atoms with van der Waals surface area (Å²) in [5.74, 6) is -0.160. The molecule has 5 nitrogen and oxygen atoms in total. The van der Waals surface area contributed by atoms with E-state index in [4.69, 9.17) is 5.73 Å². The maximum absolute atomic E-state index is 12.3. The van der Waals surface area contributed by atoms with Gasteiger partial charge in [-0.2, -0.15) is 0 Å². The van der Waals surface area contributed by atoms with Crippen LogP contribution in [0, 0.1) is 0 Å². The summed E-state index contributed by atoms with van der Waals surface area (Å²) in [6.45, 7) is 2.67. The zero-order valence-electron chi connectivity index (χ0n) is 11.0. The number of hydrogen-bond acceptors (Lipinski definition) is 4. The second kappa shape index (κ2) is 4.97. The molecule has 102 valence electrons. The minimum atomic E-state index is -0.160. The first-order valence-electron chi connectivity index (χ1n) is 6.27. The third-order valence-corrected chi connectivity index (χ3v) is 3.87. The highest BCUT2D eigenvalue weighted by molar-refractivity contribution is 7.16. The van der Waals surface area contributed by atoms with E-state index in [0.29, 0.717) is 17.9 Å². The number of benzene rings is 1. The van der Waals surface area contributed by atoms with Crippen LogP contribution in [0.2, 0.25) is 0 Å². The molecule has 1 aromatic carbocycles. The predicted molar refractivity (Wildman–Crippen MR) is 82.1 cm³/mol. The summed E-state index contributed by atoms with van der Waals surface area (Å²) in [6, 6.07) is 7.36. The molecule has 0 unspecified atom stereocenters. The number of amides is 1. The van der Waals surface area contributed by atoms with Crippen molar-refractivity contribution in [3.8, 4) is 0 Å². The van der Waals surface area contributed by atoms with E-state index in [-0.39, 0.29) is 5.91 Å². The van der Waals surface area contributed by atoms with Gasteiger partial charge in [-0.05, 0) is 31.2 Å². The lowest BCUT2D eigenvalue weighted by Gasteiger charge is -2.07. The third-order valence-electron chi connectivity index (χ3n) is 3.08. The van der Waals surface area contributed by atoms with Crippen LogP contribution in [-0.4, -0.2) is 15.5 Å². The molecule has 0 aliphatic heterocycles. The molecule has 6 heteroatoms. The molecule has 0 bridgehead atoms. The van der Waals surface area contributed by atoms with Gasteiger partial charge in [0.2, 0.25) is 0 Å². The Kier molecular flexibility index (Phi) is 3.15. The minimum Gasteiger partial charge on any atom is -0.397 e. The molecule has 0 aliphatic carbocycles. The maximum atomic E-state index is 12.3. The summed E-state index contributed by atoms with van der Waals surface area (Å²) in [4.78, 5) is 16.5. The minimum absolute atomic E-state index is 0.160. The molecule has 3 aromatic rings. The van der Waals surface area contributed by atoms with Gasteiger partial charge in [-0.25, -0.2) is 4.98 Å². The van der Waals surface area contributed by atoms with Crippen molar-refractivity contribution in [3.63, 3.8) is 0 Å². The second-order valence-electron chi connectivity index (χ2n) is 4.43. The Morgan fingerprint density at radius 1 is 1.45 bits per heavy atom. The Hall–Kier alpha value is -2.34. The van der Waals surface area contributed by atoms with Crippen molar-refractivity contribution in [2.24, 2.45) is 0 Å². The number of nitrogens with two attached hydrogens (primary N) is 1. The number of rotatable bonds is 3. The second-order valence-corrected chi connectivity index (χ2v) is 5.32. The zero-order valence-corrected chi connectivity index (χ0v) is 11.8. The van der Waals surface area contributed by atoms with Crippen molar-refractivity contribution in [2.75, 3.05) is 11.1 Å². The van der Waals surface area contributed by atoms with Crippen LogP contribution < -0.4 is 11.1 Å². The summed E-state index contributed by atoms with van der Waals surface area (Å²) in [5, 5.41) is 2.89. The predicted octanol–water partition coefficient (Wildman–Crippen LogP) is 2.95. The topological polar surface area (TPSA) is 72.9 Å². The number of anilines is 2. The Bertz CT molecular complexity index is 774. The van der Waals surface area contributed by atoms with Crippen molar-refractivity contribution in [2.45, 2.75) is 13.5 Å². The van der Waals surface area contributed by atoms with Gasteiger partial charge in [-0.15, -0.1) is 11.3 Å². The Morgan fingerprint density at radius 3 is 3.10 bits per heavy atom. The van der Waals surface area contributed by atoms with E-state index in [0.717, 1.165) is 15.9 Å². The first-order chi connectivity index (χ1) is 9.67. The number of aromatic nitrogens is 2. The smallest absolute Gasteiger partial charge is 0.272 e. The number of nitrogens with one attached hydrogen (secondary N) is 1. The first-order valence-corrected chi connectivity index (χ1v) is 7.15. The lowest BCUT2D eigenvalue weighted by molar-refractivity contribution is 0.101. The highest BCUT2D eigenvalue weighted by Crippen LogP contribution is 2.22. The number of nitrogen functional groups attached to an aromatic ring is 1. The molecule has 0 fully saturated rings. The molecule has 0 atom stereocenters. The Labute approximate surface area is 120 Å². The van der Waals surface area contributed by atoms with Gasteiger partial charge >= 0.3 is 0 Å². The molecule has 0 radical (unpaired) electrons. The van der Waals surface area contributed by atoms with Crippen LogP contribution in [0.5, 0.6) is 0 Å². The number of fused-ring (bicyclic) bond motifs is 1. The molecular weight excluding hydrogens is 272 g/mol. The van der Waals surface area contributed by atoms with E-state index < -0.39 is 0 Å². The molecule has 2 aromatic heterocycles. The van der Waals surface area contributed by atoms with E-state index in [1.807, 2.05) is 29.7 Å². The number of nitrogens with zero attached hydrogens (tertiary/aromatic N) is 2. The highest BCUT2D eigenvalue weighted by Gasteiger charge is 2.12. The molecule has 2 heterocycles. The molecule has 0 saturated carbocycles. The fourth-order valence-electron chi connectivity index (χ4n) is 2.11. The molecule has 0 aliphatic rings. The van der Waals surface area contributed by atoms with E-state index in [9.17, 15) is 4.79 Å². The molecule has 1 amide bonds. The standard InChI is InChI=1S/C14H14N4OS/c1-2-18-7-9(15)5-12(18)14(19)17-10-3-4-11-13(6-10)20-8-16-11/h3-8H,2,15H2,1H3,(H,17,19). The molecule has 3 rings (SSSR count). The van der Waals surface area contributed by atoms with Gasteiger partial charge < -0.3 is 15.6 Å². The lowest BCUT2D eigenvalue weighted by Crippen LogP contribution is -2.16. The maximum Gasteiger partial charge on any atom is 0.272 e. The number of carbonyl (C=O) groups excluding carboxylic acids is 1. The van der Waals surface area contributed by atoms with Crippen molar-refractivity contribution < 1.29 is 4.79 Å². The largest absolute Gasteiger partial charge is 0.397 e. The summed E-state index contributed by atoms with van der Waals surface area (Å²) in [5.41, 5.74) is 10.4. The van der Waals surface area contributed by atoms with Gasteiger partial charge in [0, 0.05) is 18.4 Å². The summed E-state index contributed by atoms with van der Waals surface area (Å²) in [7, 11) is 0. The van der Waals surface area contributed by atoms with Crippen molar-refractivity contribution >= 4 is 38.8 Å². The molecular formula is C14H14N4OS. The normalized spacial score (nSPS) is 10.8. The zero-order chi connectivity index (χ0) is 14.1. The van der Waals surface area contributed by atoms with Crippen LogP contribution in [0.15, 0.2) is 36.0 Å². The SMILES string of the molecule is CCn1cc(N)cc1C(=O)Nc1ccc2ncsc2c1. The van der Waals surface area contributed by atoms with E-state index in [2.05, 4.69) is 10.3 Å². The van der Waals surface area contributed by atoms with Crippen molar-refractivity contribution in [1.82, 2.24) is 9.55 Å². The van der Waals surface area contributed by atoms with Crippen LogP contribution in [0.1, 0.15) is 17.4 Å². The van der Waals surface area contributed by atoms with Gasteiger partial charge in [0.1, 0.15) is 5.69 Å². The van der Waals surface area contributed by atoms with Crippen molar-refractivity contribution in [3.05, 3.63) is 41.7 Å². The monoisotopic (exact) mass is 286 g/mol. The van der Waals surface area contributed by atoms with E-state index in [1.165, 1.54) is 0 Å². The van der Waals surface area contributed by atoms with Gasteiger partial charge in [-0.1, -0.05) is 0 Å².